The van der Waals surface area contributed by atoms with Crippen LogP contribution in [0.1, 0.15) is 52.5 Å². The molecule has 0 radical (unpaired) electrons. The first-order valence-corrected chi connectivity index (χ1v) is 8.56. The normalized spacial score (nSPS) is 20.2. The minimum absolute atomic E-state index is 0.0212. The lowest BCUT2D eigenvalue weighted by molar-refractivity contribution is -0.0442. The molecule has 0 amide bonds. The molecule has 2 N–H and O–H groups in total. The summed E-state index contributed by atoms with van der Waals surface area (Å²) in [5, 5.41) is 19.8. The Morgan fingerprint density at radius 3 is 2.76 bits per heavy atom. The fourth-order valence-electron chi connectivity index (χ4n) is 3.12. The first-order valence-electron chi connectivity index (χ1n) is 8.56. The minimum atomic E-state index is -1.07. The Bertz CT molecular complexity index is 746. The van der Waals surface area contributed by atoms with Crippen LogP contribution in [0.4, 0.5) is 5.69 Å². The van der Waals surface area contributed by atoms with Gasteiger partial charge in [0, 0.05) is 12.1 Å². The van der Waals surface area contributed by atoms with Crippen LogP contribution in [0, 0.1) is 13.8 Å². The molecule has 1 aromatic heterocycles. The van der Waals surface area contributed by atoms with Gasteiger partial charge in [0.2, 0.25) is 0 Å². The number of aryl methyl sites for hydroxylation is 1. The third-order valence-electron chi connectivity index (χ3n) is 4.62. The quantitative estimate of drug-likeness (QED) is 0.866. The molecule has 132 valence electrons. The number of aromatic carboxylic acids is 1. The van der Waals surface area contributed by atoms with Gasteiger partial charge in [-0.3, -0.25) is 0 Å². The summed E-state index contributed by atoms with van der Waals surface area (Å²) in [6.45, 7) is 4.43. The number of nitrogens with one attached hydrogen (secondary N) is 1. The van der Waals surface area contributed by atoms with Gasteiger partial charge in [-0.1, -0.05) is 29.8 Å². The van der Waals surface area contributed by atoms with E-state index in [2.05, 4.69) is 46.7 Å². The Hall–Kier alpha value is -2.47. The van der Waals surface area contributed by atoms with E-state index in [1.54, 1.807) is 13.1 Å². The predicted octanol–water partition coefficient (Wildman–Crippen LogP) is 3.51. The van der Waals surface area contributed by atoms with Crippen LogP contribution in [-0.4, -0.2) is 33.9 Å². The van der Waals surface area contributed by atoms with E-state index in [0.717, 1.165) is 19.3 Å². The molecule has 1 fully saturated rings. The summed E-state index contributed by atoms with van der Waals surface area (Å²) in [6, 6.07) is 8.48. The van der Waals surface area contributed by atoms with E-state index in [0.29, 0.717) is 17.8 Å². The minimum Gasteiger partial charge on any atom is -0.476 e. The maximum atomic E-state index is 11.1. The average Bonchev–Trinajstić information content (AvgIpc) is 2.61. The van der Waals surface area contributed by atoms with E-state index in [-0.39, 0.29) is 17.9 Å². The van der Waals surface area contributed by atoms with Gasteiger partial charge in [0.15, 0.2) is 5.69 Å². The molecule has 1 aromatic carbocycles. The molecule has 2 unspecified atom stereocenters. The second-order valence-electron chi connectivity index (χ2n) is 6.51. The van der Waals surface area contributed by atoms with E-state index >= 15 is 0 Å². The first-order chi connectivity index (χ1) is 12.0. The van der Waals surface area contributed by atoms with Crippen LogP contribution in [0.5, 0.6) is 0 Å². The summed E-state index contributed by atoms with van der Waals surface area (Å²) < 4.78 is 6.24. The van der Waals surface area contributed by atoms with Crippen molar-refractivity contribution in [3.8, 4) is 0 Å². The highest BCUT2D eigenvalue weighted by Crippen LogP contribution is 2.31. The SMILES string of the molecule is Cc1ccc(C2CCCC(CNc3cnnc(C(=O)O)c3C)O2)cc1. The molecule has 2 atom stereocenters. The molecule has 0 aliphatic carbocycles. The number of carboxylic acid groups (broad SMARTS) is 1. The fourth-order valence-corrected chi connectivity index (χ4v) is 3.12. The summed E-state index contributed by atoms with van der Waals surface area (Å²) in [4.78, 5) is 11.1. The fraction of sp³-hybridized carbons (Fsp3) is 0.421. The number of ether oxygens (including phenoxy) is 1. The molecule has 0 spiro atoms. The van der Waals surface area contributed by atoms with Gasteiger partial charge in [-0.15, -0.1) is 5.10 Å². The van der Waals surface area contributed by atoms with Crippen LogP contribution in [0.15, 0.2) is 30.5 Å². The second-order valence-corrected chi connectivity index (χ2v) is 6.51. The number of nitrogens with zero attached hydrogens (tertiary/aromatic N) is 2. The molecule has 6 nitrogen and oxygen atoms in total. The monoisotopic (exact) mass is 341 g/mol. The van der Waals surface area contributed by atoms with Crippen molar-refractivity contribution in [2.75, 3.05) is 11.9 Å². The molecule has 6 heteroatoms. The predicted molar refractivity (Wildman–Crippen MR) is 94.9 cm³/mol. The molecule has 0 bridgehead atoms. The van der Waals surface area contributed by atoms with E-state index in [1.807, 2.05) is 0 Å². The Balaban J connectivity index is 1.63. The Morgan fingerprint density at radius 2 is 2.04 bits per heavy atom. The van der Waals surface area contributed by atoms with Crippen LogP contribution in [0.3, 0.4) is 0 Å². The van der Waals surface area contributed by atoms with Gasteiger partial charge in [-0.05, 0) is 38.7 Å². The van der Waals surface area contributed by atoms with Gasteiger partial charge in [-0.25, -0.2) is 4.79 Å². The standard InChI is InChI=1S/C19H23N3O3/c1-12-6-8-14(9-7-12)17-5-3-4-15(25-17)10-20-16-11-21-22-18(13(16)2)19(23)24/h6-9,11,15,17H,3-5,10H2,1-2H3,(H,20,22)(H,23,24). The van der Waals surface area contributed by atoms with Gasteiger partial charge in [0.1, 0.15) is 0 Å². The van der Waals surface area contributed by atoms with Crippen LogP contribution in [0.2, 0.25) is 0 Å². The summed E-state index contributed by atoms with van der Waals surface area (Å²) in [5.74, 6) is -1.07. The van der Waals surface area contributed by atoms with Gasteiger partial charge >= 0.3 is 5.97 Å². The van der Waals surface area contributed by atoms with Crippen molar-refractivity contribution in [1.29, 1.82) is 0 Å². The topological polar surface area (TPSA) is 84.3 Å². The average molecular weight is 341 g/mol. The number of hydrogen-bond acceptors (Lipinski definition) is 5. The first kappa shape index (κ1) is 17.4. The molecule has 1 aliphatic rings. The third kappa shape index (κ3) is 4.14. The molecular formula is C19H23N3O3. The van der Waals surface area contributed by atoms with Gasteiger partial charge in [0.25, 0.3) is 0 Å². The number of rotatable bonds is 5. The summed E-state index contributed by atoms with van der Waals surface area (Å²) in [7, 11) is 0. The Kier molecular flexibility index (Phi) is 5.28. The molecule has 3 rings (SSSR count). The van der Waals surface area contributed by atoms with Crippen LogP contribution in [-0.2, 0) is 4.74 Å². The van der Waals surface area contributed by atoms with Crippen molar-refractivity contribution >= 4 is 11.7 Å². The van der Waals surface area contributed by atoms with Crippen molar-refractivity contribution in [3.63, 3.8) is 0 Å². The largest absolute Gasteiger partial charge is 0.476 e. The molecule has 1 saturated heterocycles. The van der Waals surface area contributed by atoms with Crippen molar-refractivity contribution in [3.05, 3.63) is 52.8 Å². The highest BCUT2D eigenvalue weighted by atomic mass is 16.5. The van der Waals surface area contributed by atoms with E-state index in [4.69, 9.17) is 9.84 Å². The highest BCUT2D eigenvalue weighted by Gasteiger charge is 2.24. The molecule has 2 heterocycles. The molecule has 2 aromatic rings. The van der Waals surface area contributed by atoms with Gasteiger partial charge in [-0.2, -0.15) is 5.10 Å². The molecule has 1 aliphatic heterocycles. The highest BCUT2D eigenvalue weighted by molar-refractivity contribution is 5.88. The lowest BCUT2D eigenvalue weighted by atomic mass is 9.97. The number of carboxylic acids is 1. The molecular weight excluding hydrogens is 318 g/mol. The van der Waals surface area contributed by atoms with Crippen LogP contribution < -0.4 is 5.32 Å². The summed E-state index contributed by atoms with van der Waals surface area (Å²) in [5.41, 5.74) is 3.71. The van der Waals surface area contributed by atoms with Gasteiger partial charge < -0.3 is 15.2 Å². The number of aromatic nitrogens is 2. The van der Waals surface area contributed by atoms with Gasteiger partial charge in [0.05, 0.1) is 24.1 Å². The van der Waals surface area contributed by atoms with Crippen molar-refractivity contribution in [1.82, 2.24) is 10.2 Å². The maximum Gasteiger partial charge on any atom is 0.356 e. The zero-order chi connectivity index (χ0) is 17.8. The zero-order valence-corrected chi connectivity index (χ0v) is 14.5. The number of carbonyl (C=O) groups is 1. The number of anilines is 1. The lowest BCUT2D eigenvalue weighted by Crippen LogP contribution is -2.29. The Labute approximate surface area is 147 Å². The molecule has 25 heavy (non-hydrogen) atoms. The second kappa shape index (κ2) is 7.61. The Morgan fingerprint density at radius 1 is 1.28 bits per heavy atom. The van der Waals surface area contributed by atoms with E-state index in [1.165, 1.54) is 11.1 Å². The molecule has 0 saturated carbocycles. The number of benzene rings is 1. The van der Waals surface area contributed by atoms with Crippen molar-refractivity contribution in [2.24, 2.45) is 0 Å². The summed E-state index contributed by atoms with van der Waals surface area (Å²) in [6.07, 6.45) is 4.88. The van der Waals surface area contributed by atoms with Crippen molar-refractivity contribution < 1.29 is 14.6 Å². The van der Waals surface area contributed by atoms with Crippen LogP contribution >= 0.6 is 0 Å². The van der Waals surface area contributed by atoms with E-state index in [9.17, 15) is 4.79 Å². The lowest BCUT2D eigenvalue weighted by Gasteiger charge is -2.31. The maximum absolute atomic E-state index is 11.1. The number of hydrogen-bond donors (Lipinski definition) is 2. The third-order valence-corrected chi connectivity index (χ3v) is 4.62. The van der Waals surface area contributed by atoms with E-state index < -0.39 is 5.97 Å². The van der Waals surface area contributed by atoms with Crippen molar-refractivity contribution in [2.45, 2.75) is 45.3 Å². The smallest absolute Gasteiger partial charge is 0.356 e. The summed E-state index contributed by atoms with van der Waals surface area (Å²) >= 11 is 0. The zero-order valence-electron chi connectivity index (χ0n) is 14.5. The van der Waals surface area contributed by atoms with Crippen LogP contribution in [0.25, 0.3) is 0 Å².